The molecule has 6 heteroatoms. The molecule has 0 spiro atoms. The number of hydrogen-bond donors (Lipinski definition) is 6. The molecular weight excluding hydrogens is 1430 g/mol. The van der Waals surface area contributed by atoms with E-state index in [-0.39, 0.29) is 5.92 Å². The lowest BCUT2D eigenvalue weighted by Crippen LogP contribution is -2.40. The van der Waals surface area contributed by atoms with Crippen molar-refractivity contribution in [3.63, 3.8) is 0 Å². The molecule has 3 aliphatic carbocycles. The Morgan fingerprint density at radius 1 is 0.239 bits per heavy atom. The Balaban J connectivity index is 0.947. The second kappa shape index (κ2) is 31.0. The van der Waals surface area contributed by atoms with Crippen LogP contribution in [0.4, 0.5) is 0 Å². The molecule has 0 heterocycles. The van der Waals surface area contributed by atoms with Gasteiger partial charge < -0.3 is 0 Å². The summed E-state index contributed by atoms with van der Waals surface area (Å²) in [6, 6.07) is 105. The maximum Gasteiger partial charge on any atom is 0.0336 e. The standard InChI is InChI=1S/C103H88S6/c1-98(101(4,79-44-50-91(104)85(63-79)70-29-13-7-14-30-70)80-45-51-92(105)86(64-80)71-31-15-8-16-32-71)59-27-42-76(56-61-98)97(77-43-28-60-99(2,62-57-77)102(5,81-46-52-93(106)87(65-81)72-33-17-9-18-34-72)82-47-53-94(107)88(66-82)73-35-19-10-20-36-73)78-41-25-26-58-100(3,69-78)103(6,83-48-54-95(108)89(67-83)74-37-21-11-22-38-74)84-49-55-96(109)90(68-84)75-39-23-12-24-40-75/h7-69,97,104-109H,1-6H3. The summed E-state index contributed by atoms with van der Waals surface area (Å²) >= 11 is 31.1. The van der Waals surface area contributed by atoms with Gasteiger partial charge in [0.2, 0.25) is 0 Å². The molecule has 3 aliphatic rings. The predicted molar refractivity (Wildman–Crippen MR) is 481 cm³/mol. The first-order chi connectivity index (χ1) is 52.7. The Kier molecular flexibility index (Phi) is 21.3. The lowest BCUT2D eigenvalue weighted by molar-refractivity contribution is 0.336. The van der Waals surface area contributed by atoms with E-state index in [2.05, 4.69) is 424 Å². The number of rotatable bonds is 18. The molecule has 0 saturated heterocycles. The average Bonchev–Trinajstić information content (AvgIpc) is 1.55. The third-order valence-electron chi connectivity index (χ3n) is 24.2. The molecule has 0 radical (unpaired) electrons. The van der Waals surface area contributed by atoms with Gasteiger partial charge in [0.1, 0.15) is 0 Å². The molecule has 109 heavy (non-hydrogen) atoms. The number of allylic oxidation sites excluding steroid dienone is 18. The molecule has 0 aromatic heterocycles. The molecule has 0 amide bonds. The Morgan fingerprint density at radius 3 is 0.716 bits per heavy atom. The van der Waals surface area contributed by atoms with E-state index in [0.717, 1.165) is 146 Å². The van der Waals surface area contributed by atoms with Gasteiger partial charge in [-0.15, -0.1) is 75.8 Å². The van der Waals surface area contributed by atoms with Crippen LogP contribution in [-0.2, 0) is 16.2 Å². The highest BCUT2D eigenvalue weighted by Gasteiger charge is 2.49. The van der Waals surface area contributed by atoms with Gasteiger partial charge in [0, 0.05) is 67.8 Å². The second-order valence-electron chi connectivity index (χ2n) is 30.3. The summed E-state index contributed by atoms with van der Waals surface area (Å²) in [5, 5.41) is 0. The fourth-order valence-electron chi connectivity index (χ4n) is 17.0. The lowest BCUT2D eigenvalue weighted by atomic mass is 9.57. The molecule has 0 nitrogen and oxygen atoms in total. The van der Waals surface area contributed by atoms with E-state index in [1.807, 2.05) is 0 Å². The van der Waals surface area contributed by atoms with E-state index in [0.29, 0.717) is 0 Å². The maximum absolute atomic E-state index is 5.20. The minimum absolute atomic E-state index is 0.328. The quantitative estimate of drug-likeness (QED) is 0.0453. The van der Waals surface area contributed by atoms with Gasteiger partial charge in [-0.3, -0.25) is 0 Å². The fraction of sp³-hybridized carbons (Fsp3) is 0.126. The van der Waals surface area contributed by atoms with Gasteiger partial charge in [-0.25, -0.2) is 0 Å². The van der Waals surface area contributed by atoms with Crippen molar-refractivity contribution in [2.45, 2.75) is 87.2 Å². The largest absolute Gasteiger partial charge is 0.143 e. The van der Waals surface area contributed by atoms with E-state index in [1.165, 1.54) is 0 Å². The van der Waals surface area contributed by atoms with Crippen LogP contribution in [0.25, 0.3) is 66.8 Å². The molecule has 0 saturated carbocycles. The lowest BCUT2D eigenvalue weighted by Gasteiger charge is -2.46. The average molecular weight is 1520 g/mol. The molecule has 536 valence electrons. The zero-order valence-corrected chi connectivity index (χ0v) is 67.5. The Labute approximate surface area is 678 Å². The summed E-state index contributed by atoms with van der Waals surface area (Å²) in [7, 11) is 0. The van der Waals surface area contributed by atoms with E-state index >= 15 is 0 Å². The Hall–Kier alpha value is -9.60. The van der Waals surface area contributed by atoms with Crippen molar-refractivity contribution in [3.05, 3.63) is 432 Å². The van der Waals surface area contributed by atoms with Crippen molar-refractivity contribution < 1.29 is 0 Å². The van der Waals surface area contributed by atoms with Gasteiger partial charge in [0.05, 0.1) is 0 Å². The van der Waals surface area contributed by atoms with E-state index < -0.39 is 32.5 Å². The summed E-state index contributed by atoms with van der Waals surface area (Å²) in [6.07, 6.45) is 36.1. The highest BCUT2D eigenvalue weighted by molar-refractivity contribution is 7.81. The monoisotopic (exact) mass is 1520 g/mol. The molecular formula is C103H88S6. The first kappa shape index (κ1) is 74.8. The molecule has 0 bridgehead atoms. The van der Waals surface area contributed by atoms with Crippen LogP contribution in [0, 0.1) is 22.2 Å². The molecule has 12 aromatic carbocycles. The van der Waals surface area contributed by atoms with Crippen molar-refractivity contribution >= 4 is 75.8 Å². The molecule has 12 aromatic rings. The second-order valence-corrected chi connectivity index (χ2v) is 33.2. The molecule has 15 rings (SSSR count). The molecule has 0 fully saturated rings. The SMILES string of the molecule is CC1(C(C)(c2ccc(S)c(-c3ccccc3)c2)c2ccc(S)c(-c3ccccc3)c2)C=CC=C(C(C2=CC=CC(C)(C(C)(c3ccc(S)c(-c4ccccc4)c3)c3ccc(S)c(-c4ccccc4)c3)C=C2)C2=CC(C)(C(C)(c3ccc(S)c(-c4ccccc4)c3)c3ccc(S)c(-c4ccccc4)c3)C=CC=C2)C=C1. The van der Waals surface area contributed by atoms with Crippen molar-refractivity contribution in [1.82, 2.24) is 0 Å². The summed E-state index contributed by atoms with van der Waals surface area (Å²) in [6.45, 7) is 14.5. The summed E-state index contributed by atoms with van der Waals surface area (Å²) < 4.78 is 0. The zero-order valence-electron chi connectivity index (χ0n) is 62.1. The first-order valence-corrected chi connectivity index (χ1v) is 40.0. The van der Waals surface area contributed by atoms with Gasteiger partial charge >= 0.3 is 0 Å². The third-order valence-corrected chi connectivity index (χ3v) is 26.5. The molecule has 3 unspecified atom stereocenters. The number of benzene rings is 12. The van der Waals surface area contributed by atoms with Crippen LogP contribution < -0.4 is 0 Å². The minimum Gasteiger partial charge on any atom is -0.143 e. The highest BCUT2D eigenvalue weighted by Crippen LogP contribution is 2.58. The van der Waals surface area contributed by atoms with Crippen molar-refractivity contribution in [2.24, 2.45) is 22.2 Å². The van der Waals surface area contributed by atoms with Crippen LogP contribution in [0.2, 0.25) is 0 Å². The van der Waals surface area contributed by atoms with Crippen LogP contribution in [0.1, 0.15) is 74.9 Å². The maximum atomic E-state index is 5.20. The van der Waals surface area contributed by atoms with Gasteiger partial charge in [-0.05, 0) is 190 Å². The molecule has 3 atom stereocenters. The summed E-state index contributed by atoms with van der Waals surface area (Å²) in [5.41, 5.74) is 19.3. The van der Waals surface area contributed by atoms with E-state index in [9.17, 15) is 0 Å². The normalized spacial score (nSPS) is 18.1. The van der Waals surface area contributed by atoms with Gasteiger partial charge in [0.15, 0.2) is 0 Å². The predicted octanol–water partition coefficient (Wildman–Crippen LogP) is 28.5. The number of hydrogen-bond acceptors (Lipinski definition) is 6. The fourth-order valence-corrected chi connectivity index (χ4v) is 18.6. The minimum atomic E-state index is -0.728. The van der Waals surface area contributed by atoms with Crippen molar-refractivity contribution in [3.8, 4) is 66.8 Å². The smallest absolute Gasteiger partial charge is 0.0336 e. The molecule has 0 N–H and O–H groups in total. The number of thiol groups is 6. The van der Waals surface area contributed by atoms with Crippen molar-refractivity contribution in [1.29, 1.82) is 0 Å². The van der Waals surface area contributed by atoms with E-state index in [1.54, 1.807) is 0 Å². The Bertz CT molecular complexity index is 5200. The first-order valence-electron chi connectivity index (χ1n) is 37.3. The summed E-state index contributed by atoms with van der Waals surface area (Å²) in [4.78, 5) is 5.49. The van der Waals surface area contributed by atoms with Gasteiger partial charge in [-0.2, -0.15) is 0 Å². The third kappa shape index (κ3) is 14.1. The van der Waals surface area contributed by atoms with Crippen LogP contribution in [0.15, 0.2) is 428 Å². The summed E-state index contributed by atoms with van der Waals surface area (Å²) in [5.74, 6) is -0.328. The highest BCUT2D eigenvalue weighted by atomic mass is 32.1. The van der Waals surface area contributed by atoms with E-state index in [4.69, 9.17) is 75.8 Å². The Morgan fingerprint density at radius 2 is 0.468 bits per heavy atom. The van der Waals surface area contributed by atoms with Gasteiger partial charge in [0.25, 0.3) is 0 Å². The van der Waals surface area contributed by atoms with Gasteiger partial charge in [-0.1, -0.05) is 351 Å². The van der Waals surface area contributed by atoms with Crippen LogP contribution >= 0.6 is 75.8 Å². The molecule has 0 aliphatic heterocycles. The topological polar surface area (TPSA) is 0 Å². The van der Waals surface area contributed by atoms with Crippen LogP contribution in [0.3, 0.4) is 0 Å². The van der Waals surface area contributed by atoms with Crippen LogP contribution in [0.5, 0.6) is 0 Å². The van der Waals surface area contributed by atoms with Crippen molar-refractivity contribution in [2.75, 3.05) is 0 Å². The zero-order chi connectivity index (χ0) is 75.7. The van der Waals surface area contributed by atoms with Crippen LogP contribution in [-0.4, -0.2) is 0 Å².